The van der Waals surface area contributed by atoms with Gasteiger partial charge >= 0.3 is 30.0 Å². The molecule has 15 heteroatoms. The zero-order chi connectivity index (χ0) is 24.1. The summed E-state index contributed by atoms with van der Waals surface area (Å²) in [4.78, 5) is 42.5. The van der Waals surface area contributed by atoms with E-state index in [-0.39, 0.29) is 22.9 Å². The van der Waals surface area contributed by atoms with Crippen LogP contribution in [0, 0.1) is 5.82 Å². The number of carboxylic acids is 1. The van der Waals surface area contributed by atoms with E-state index in [4.69, 9.17) is 9.90 Å². The van der Waals surface area contributed by atoms with Crippen LogP contribution in [0.4, 0.5) is 21.7 Å². The Bertz CT molecular complexity index is 1380. The second kappa shape index (κ2) is 11.3. The Morgan fingerprint density at radius 3 is 2.27 bits per heavy atom. The van der Waals surface area contributed by atoms with E-state index in [2.05, 4.69) is 9.97 Å². The van der Waals surface area contributed by atoms with Gasteiger partial charge in [0.05, 0.1) is 17.2 Å². The minimum atomic E-state index is -6.00. The molecular weight excluding hydrogens is 506 g/mol. The number of H-pyrrole nitrogens is 1. The van der Waals surface area contributed by atoms with Gasteiger partial charge in [0, 0.05) is 22.9 Å². The van der Waals surface area contributed by atoms with Crippen LogP contribution >= 0.6 is 0 Å². The third-order valence-electron chi connectivity index (χ3n) is 3.57. The van der Waals surface area contributed by atoms with Gasteiger partial charge in [-0.05, 0) is 37.3 Å². The average molecular weight is 518 g/mol. The van der Waals surface area contributed by atoms with Crippen molar-refractivity contribution in [2.75, 3.05) is 0 Å². The van der Waals surface area contributed by atoms with E-state index in [0.29, 0.717) is 5.52 Å². The fourth-order valence-electron chi connectivity index (χ4n) is 2.48. The molecule has 3 heterocycles. The Morgan fingerprint density at radius 1 is 1.09 bits per heavy atom. The van der Waals surface area contributed by atoms with Crippen molar-refractivity contribution in [2.45, 2.75) is 6.92 Å². The summed E-state index contributed by atoms with van der Waals surface area (Å²) in [6.07, 6.45) is 2.51. The van der Waals surface area contributed by atoms with Gasteiger partial charge in [-0.1, -0.05) is 6.07 Å². The second-order valence-electron chi connectivity index (χ2n) is 5.97. The zero-order valence-corrected chi connectivity index (χ0v) is 17.3. The number of hydrogen-bond acceptors (Lipinski definition) is 6. The second-order valence-corrected chi connectivity index (χ2v) is 5.97. The van der Waals surface area contributed by atoms with Crippen LogP contribution < -0.4 is 16.4 Å². The number of pyridine rings is 2. The van der Waals surface area contributed by atoms with Gasteiger partial charge in [0.25, 0.3) is 5.56 Å². The first-order chi connectivity index (χ1) is 14.9. The standard InChI is InChI=1S/C16H9FN4O2.C2H4O2.BF4.Cu/c17-11-8-21(16(23)20-15(11)22)13-6-4-9-3-5-12-10(14(9)19-13)2-1-7-18-12;1-2(3)4;2-1(3,4)5;/h1-8H,(H,20,22,23);1H3,(H,3,4);;/q;;-1;+2/p-1. The van der Waals surface area contributed by atoms with Gasteiger partial charge in [0.1, 0.15) is 5.82 Å². The van der Waals surface area contributed by atoms with Crippen LogP contribution in [-0.2, 0) is 21.9 Å². The summed E-state index contributed by atoms with van der Waals surface area (Å²) in [7, 11) is -6.00. The van der Waals surface area contributed by atoms with Gasteiger partial charge in [-0.15, -0.1) is 0 Å². The molecule has 0 saturated heterocycles. The van der Waals surface area contributed by atoms with Gasteiger partial charge in [-0.3, -0.25) is 14.8 Å². The van der Waals surface area contributed by atoms with Gasteiger partial charge < -0.3 is 27.2 Å². The molecule has 0 amide bonds. The molecule has 0 bridgehead atoms. The molecule has 8 nitrogen and oxygen atoms in total. The van der Waals surface area contributed by atoms with Gasteiger partial charge in [-0.2, -0.15) is 4.39 Å². The predicted molar refractivity (Wildman–Crippen MR) is 104 cm³/mol. The normalized spacial score (nSPS) is 10.4. The number of carbonyl (C=O) groups excluding carboxylic acids is 1. The number of aromatic nitrogens is 4. The van der Waals surface area contributed by atoms with Crippen molar-refractivity contribution in [2.24, 2.45) is 0 Å². The number of carboxylic acid groups (broad SMARTS) is 1. The van der Waals surface area contributed by atoms with Crippen molar-refractivity contribution < 1.29 is 48.6 Å². The van der Waals surface area contributed by atoms with Crippen molar-refractivity contribution in [3.05, 3.63) is 75.4 Å². The molecule has 1 aromatic carbocycles. The maximum Gasteiger partial charge on any atom is 2.00 e. The van der Waals surface area contributed by atoms with E-state index < -0.39 is 30.3 Å². The zero-order valence-electron chi connectivity index (χ0n) is 16.4. The van der Waals surface area contributed by atoms with Crippen molar-refractivity contribution in [3.63, 3.8) is 0 Å². The van der Waals surface area contributed by atoms with Crippen LogP contribution in [0.15, 0.2) is 58.4 Å². The Kier molecular flexibility index (Phi) is 9.43. The number of hydrogen-bond donors (Lipinski definition) is 1. The van der Waals surface area contributed by atoms with Crippen LogP contribution in [-0.4, -0.2) is 32.7 Å². The van der Waals surface area contributed by atoms with Gasteiger partial charge in [0.15, 0.2) is 0 Å². The molecule has 1 radical (unpaired) electrons. The van der Waals surface area contributed by atoms with Crippen molar-refractivity contribution in [1.29, 1.82) is 0 Å². The molecule has 0 saturated carbocycles. The summed E-state index contributed by atoms with van der Waals surface area (Å²) in [6.45, 7) is 0.972. The van der Waals surface area contributed by atoms with Crippen LogP contribution in [0.3, 0.4) is 0 Å². The summed E-state index contributed by atoms with van der Waals surface area (Å²) < 4.78 is 53.4. The predicted octanol–water partition coefficient (Wildman–Crippen LogP) is 1.81. The molecule has 0 spiro atoms. The fourth-order valence-corrected chi connectivity index (χ4v) is 2.48. The number of halogens is 5. The molecule has 0 aliphatic rings. The number of carbonyl (C=O) groups is 1. The van der Waals surface area contributed by atoms with E-state index in [1.807, 2.05) is 23.2 Å². The van der Waals surface area contributed by atoms with E-state index in [0.717, 1.165) is 34.0 Å². The minimum Gasteiger partial charge on any atom is -0.550 e. The number of benzene rings is 1. The van der Waals surface area contributed by atoms with Crippen molar-refractivity contribution in [3.8, 4) is 5.82 Å². The molecule has 4 rings (SSSR count). The molecule has 0 atom stereocenters. The molecule has 0 aliphatic carbocycles. The van der Waals surface area contributed by atoms with Gasteiger partial charge in [0.2, 0.25) is 5.82 Å². The first-order valence-corrected chi connectivity index (χ1v) is 8.58. The Labute approximate surface area is 191 Å². The molecule has 33 heavy (non-hydrogen) atoms. The number of aromatic amines is 1. The summed E-state index contributed by atoms with van der Waals surface area (Å²) in [6, 6.07) is 10.8. The Hall–Kier alpha value is -3.58. The molecule has 0 fully saturated rings. The van der Waals surface area contributed by atoms with Gasteiger partial charge in [-0.25, -0.2) is 14.3 Å². The molecule has 177 valence electrons. The van der Waals surface area contributed by atoms with Crippen molar-refractivity contribution in [1.82, 2.24) is 19.5 Å². The number of nitrogens with one attached hydrogen (secondary N) is 1. The van der Waals surface area contributed by atoms with Crippen LogP contribution in [0.1, 0.15) is 6.92 Å². The fraction of sp³-hybridized carbons (Fsp3) is 0.0556. The molecule has 0 aliphatic heterocycles. The number of rotatable bonds is 1. The Balaban J connectivity index is 0.000000470. The molecule has 1 N–H and O–H groups in total. The van der Waals surface area contributed by atoms with E-state index in [1.165, 1.54) is 0 Å². The maximum atomic E-state index is 13.5. The summed E-state index contributed by atoms with van der Waals surface area (Å²) in [5.74, 6) is -1.92. The largest absolute Gasteiger partial charge is 2.00 e. The first kappa shape index (κ1) is 27.5. The number of fused-ring (bicyclic) bond motifs is 3. The maximum absolute atomic E-state index is 13.5. The average Bonchev–Trinajstić information content (AvgIpc) is 2.68. The minimum absolute atomic E-state index is 0. The first-order valence-electron chi connectivity index (χ1n) is 8.58. The molecule has 0 unspecified atom stereocenters. The third-order valence-corrected chi connectivity index (χ3v) is 3.57. The number of nitrogens with zero attached hydrogens (tertiary/aromatic N) is 3. The van der Waals surface area contributed by atoms with Crippen molar-refractivity contribution >= 4 is 35.0 Å². The third kappa shape index (κ3) is 8.12. The van der Waals surface area contributed by atoms with Crippen LogP contribution in [0.25, 0.3) is 27.6 Å². The summed E-state index contributed by atoms with van der Waals surface area (Å²) in [5, 5.41) is 10.6. The van der Waals surface area contributed by atoms with E-state index in [9.17, 15) is 31.2 Å². The SMILES string of the molecule is CC(=O)[O-].F[B-](F)(F)F.O=c1[nH]c(=O)n(-c2ccc3ccc4ncccc4c3n2)cc1F.[Cu+2]. The van der Waals surface area contributed by atoms with Crippen LogP contribution in [0.5, 0.6) is 0 Å². The monoisotopic (exact) mass is 517 g/mol. The Morgan fingerprint density at radius 2 is 1.67 bits per heavy atom. The summed E-state index contributed by atoms with van der Waals surface area (Å²) >= 11 is 0. The van der Waals surface area contributed by atoms with E-state index >= 15 is 0 Å². The van der Waals surface area contributed by atoms with E-state index in [1.54, 1.807) is 24.4 Å². The topological polar surface area (TPSA) is 121 Å². The smallest absolute Gasteiger partial charge is 0.550 e. The molecule has 4 aromatic rings. The quantitative estimate of drug-likeness (QED) is 0.234. The van der Waals surface area contributed by atoms with Crippen LogP contribution in [0.2, 0.25) is 0 Å². The molecule has 3 aromatic heterocycles. The number of aliphatic carboxylic acids is 1. The summed E-state index contributed by atoms with van der Waals surface area (Å²) in [5.41, 5.74) is -0.389. The molecular formula is C18H12BCuF5N4O4.